The third-order valence-electron chi connectivity index (χ3n) is 3.45. The predicted molar refractivity (Wildman–Crippen MR) is 77.7 cm³/mol. The number of ether oxygens (including phenoxy) is 2. The van der Waals surface area contributed by atoms with Gasteiger partial charge < -0.3 is 14.4 Å². The summed E-state index contributed by atoms with van der Waals surface area (Å²) < 4.78 is 10.1. The van der Waals surface area contributed by atoms with Gasteiger partial charge in [0.25, 0.3) is 0 Å². The lowest BCUT2D eigenvalue weighted by Crippen LogP contribution is -2.39. The summed E-state index contributed by atoms with van der Waals surface area (Å²) in [5, 5.41) is 0. The zero-order chi connectivity index (χ0) is 15.4. The molecule has 0 spiro atoms. The summed E-state index contributed by atoms with van der Waals surface area (Å²) in [5.41, 5.74) is 1.37. The Morgan fingerprint density at radius 2 is 2.05 bits per heavy atom. The van der Waals surface area contributed by atoms with E-state index >= 15 is 0 Å². The number of benzene rings is 1. The lowest BCUT2D eigenvalue weighted by atomic mass is 10.1. The van der Waals surface area contributed by atoms with Gasteiger partial charge in [-0.25, -0.2) is 4.79 Å². The molecule has 1 aliphatic heterocycles. The number of hydrogen-bond donors (Lipinski definition) is 0. The Labute approximate surface area is 124 Å². The predicted octanol–water partition coefficient (Wildman–Crippen LogP) is 1.92. The van der Waals surface area contributed by atoms with Crippen LogP contribution in [0, 0.1) is 0 Å². The zero-order valence-electron chi connectivity index (χ0n) is 12.3. The van der Waals surface area contributed by atoms with Gasteiger partial charge in [0.15, 0.2) is 0 Å². The fraction of sp³-hybridized carbons (Fsp3) is 0.375. The molecule has 1 amide bonds. The smallest absolute Gasteiger partial charge is 0.329 e. The third kappa shape index (κ3) is 3.24. The minimum atomic E-state index is -0.577. The highest BCUT2D eigenvalue weighted by molar-refractivity contribution is 6.00. The Morgan fingerprint density at radius 1 is 1.38 bits per heavy atom. The van der Waals surface area contributed by atoms with Crippen LogP contribution < -0.4 is 4.74 Å². The van der Waals surface area contributed by atoms with E-state index in [2.05, 4.69) is 6.58 Å². The van der Waals surface area contributed by atoms with Gasteiger partial charge in [-0.05, 0) is 24.6 Å². The molecule has 0 radical (unpaired) electrons. The number of amides is 1. The van der Waals surface area contributed by atoms with Gasteiger partial charge in [-0.3, -0.25) is 4.79 Å². The molecule has 1 aromatic rings. The van der Waals surface area contributed by atoms with Crippen LogP contribution in [0.3, 0.4) is 0 Å². The number of rotatable bonds is 5. The molecular weight excluding hydrogens is 270 g/mol. The van der Waals surface area contributed by atoms with Crippen LogP contribution in [0.25, 0.3) is 0 Å². The van der Waals surface area contributed by atoms with Crippen LogP contribution in [0.2, 0.25) is 0 Å². The summed E-state index contributed by atoms with van der Waals surface area (Å²) >= 11 is 0. The lowest BCUT2D eigenvalue weighted by molar-refractivity contribution is -0.151. The fourth-order valence-electron chi connectivity index (χ4n) is 2.33. The first-order valence-electron chi connectivity index (χ1n) is 6.85. The molecular formula is C16H19NO4. The van der Waals surface area contributed by atoms with Crippen LogP contribution in [-0.4, -0.2) is 36.5 Å². The van der Waals surface area contributed by atoms with E-state index in [1.165, 1.54) is 4.90 Å². The fourth-order valence-corrected chi connectivity index (χ4v) is 2.33. The molecule has 0 aliphatic carbocycles. The van der Waals surface area contributed by atoms with Gasteiger partial charge in [0.2, 0.25) is 5.91 Å². The molecule has 0 saturated carbocycles. The molecule has 1 aliphatic rings. The Bertz CT molecular complexity index is 550. The molecule has 1 fully saturated rings. The quantitative estimate of drug-likeness (QED) is 0.614. The van der Waals surface area contributed by atoms with Crippen LogP contribution >= 0.6 is 0 Å². The zero-order valence-corrected chi connectivity index (χ0v) is 12.3. The molecule has 0 aromatic heterocycles. The van der Waals surface area contributed by atoms with Crippen LogP contribution in [0.5, 0.6) is 5.75 Å². The Kier molecular flexibility index (Phi) is 4.62. The van der Waals surface area contributed by atoms with E-state index in [-0.39, 0.29) is 11.9 Å². The van der Waals surface area contributed by atoms with Crippen molar-refractivity contribution in [3.8, 4) is 5.75 Å². The minimum absolute atomic E-state index is 0.191. The second-order valence-electron chi connectivity index (χ2n) is 4.86. The van der Waals surface area contributed by atoms with Crippen molar-refractivity contribution < 1.29 is 19.1 Å². The van der Waals surface area contributed by atoms with Crippen molar-refractivity contribution in [1.82, 2.24) is 4.90 Å². The molecule has 5 nitrogen and oxygen atoms in total. The molecule has 112 valence electrons. The van der Waals surface area contributed by atoms with Crippen molar-refractivity contribution in [3.05, 3.63) is 42.0 Å². The van der Waals surface area contributed by atoms with Crippen molar-refractivity contribution in [1.29, 1.82) is 0 Å². The summed E-state index contributed by atoms with van der Waals surface area (Å²) in [6, 6.07) is 6.81. The van der Waals surface area contributed by atoms with E-state index in [0.29, 0.717) is 25.1 Å². The third-order valence-corrected chi connectivity index (χ3v) is 3.45. The normalized spacial score (nSPS) is 18.0. The molecule has 1 saturated heterocycles. The number of nitrogens with zero attached hydrogens (tertiary/aromatic N) is 1. The average Bonchev–Trinajstić information content (AvgIpc) is 2.77. The summed E-state index contributed by atoms with van der Waals surface area (Å²) in [7, 11) is 1.60. The van der Waals surface area contributed by atoms with E-state index < -0.39 is 6.04 Å². The number of esters is 1. The van der Waals surface area contributed by atoms with Crippen LogP contribution in [-0.2, 0) is 20.9 Å². The van der Waals surface area contributed by atoms with Crippen molar-refractivity contribution in [2.24, 2.45) is 0 Å². The average molecular weight is 289 g/mol. The number of likely N-dealkylation sites (tertiary alicyclic amines) is 1. The van der Waals surface area contributed by atoms with Crippen molar-refractivity contribution >= 4 is 11.9 Å². The first kappa shape index (κ1) is 15.1. The Balaban J connectivity index is 2.15. The standard InChI is InChI=1S/C16H19NO4/c1-4-21-16(19)14-9-11(2)15(18)17(14)10-12-5-7-13(20-3)8-6-12/h5-8,14H,2,4,9-10H2,1,3H3. The maximum absolute atomic E-state index is 12.1. The molecule has 1 unspecified atom stereocenters. The van der Waals surface area contributed by atoms with Gasteiger partial charge in [-0.1, -0.05) is 18.7 Å². The molecule has 1 heterocycles. The van der Waals surface area contributed by atoms with Crippen LogP contribution in [0.1, 0.15) is 18.9 Å². The van der Waals surface area contributed by atoms with Gasteiger partial charge in [0.05, 0.1) is 13.7 Å². The number of hydrogen-bond acceptors (Lipinski definition) is 4. The maximum atomic E-state index is 12.1. The monoisotopic (exact) mass is 289 g/mol. The van der Waals surface area contributed by atoms with E-state index in [9.17, 15) is 9.59 Å². The van der Waals surface area contributed by atoms with E-state index in [4.69, 9.17) is 9.47 Å². The molecule has 1 aromatic carbocycles. The summed E-state index contributed by atoms with van der Waals surface area (Å²) in [6.45, 7) is 6.13. The molecule has 21 heavy (non-hydrogen) atoms. The maximum Gasteiger partial charge on any atom is 0.329 e. The van der Waals surface area contributed by atoms with Gasteiger partial charge in [-0.2, -0.15) is 0 Å². The van der Waals surface area contributed by atoms with E-state index in [1.807, 2.05) is 24.3 Å². The SMILES string of the molecule is C=C1CC(C(=O)OCC)N(Cc2ccc(OC)cc2)C1=O. The molecule has 5 heteroatoms. The Hall–Kier alpha value is -2.30. The van der Waals surface area contributed by atoms with Crippen molar-refractivity contribution in [3.63, 3.8) is 0 Å². The minimum Gasteiger partial charge on any atom is -0.497 e. The molecule has 0 N–H and O–H groups in total. The van der Waals surface area contributed by atoms with E-state index in [1.54, 1.807) is 14.0 Å². The second kappa shape index (κ2) is 6.43. The van der Waals surface area contributed by atoms with Crippen molar-refractivity contribution in [2.75, 3.05) is 13.7 Å². The topological polar surface area (TPSA) is 55.8 Å². The second-order valence-corrected chi connectivity index (χ2v) is 4.86. The van der Waals surface area contributed by atoms with Gasteiger partial charge >= 0.3 is 5.97 Å². The van der Waals surface area contributed by atoms with Gasteiger partial charge in [0, 0.05) is 18.5 Å². The first-order chi connectivity index (χ1) is 10.1. The van der Waals surface area contributed by atoms with Crippen LogP contribution in [0.15, 0.2) is 36.4 Å². The highest BCUT2D eigenvalue weighted by Crippen LogP contribution is 2.26. The van der Waals surface area contributed by atoms with E-state index in [0.717, 1.165) is 11.3 Å². The van der Waals surface area contributed by atoms with Crippen LogP contribution in [0.4, 0.5) is 0 Å². The first-order valence-corrected chi connectivity index (χ1v) is 6.85. The van der Waals surface area contributed by atoms with Gasteiger partial charge in [-0.15, -0.1) is 0 Å². The number of carbonyl (C=O) groups excluding carboxylic acids is 2. The Morgan fingerprint density at radius 3 is 2.62 bits per heavy atom. The molecule has 2 rings (SSSR count). The largest absolute Gasteiger partial charge is 0.497 e. The number of methoxy groups -OCH3 is 1. The van der Waals surface area contributed by atoms with Crippen molar-refractivity contribution in [2.45, 2.75) is 25.9 Å². The summed E-state index contributed by atoms with van der Waals surface area (Å²) in [5.74, 6) is 0.180. The lowest BCUT2D eigenvalue weighted by Gasteiger charge is -2.23. The molecule has 0 bridgehead atoms. The highest BCUT2D eigenvalue weighted by atomic mass is 16.5. The molecule has 1 atom stereocenters. The highest BCUT2D eigenvalue weighted by Gasteiger charge is 2.39. The number of carbonyl (C=O) groups is 2. The summed E-state index contributed by atoms with van der Waals surface area (Å²) in [4.78, 5) is 25.6. The van der Waals surface area contributed by atoms with Gasteiger partial charge in [0.1, 0.15) is 11.8 Å². The summed E-state index contributed by atoms with van der Waals surface area (Å²) in [6.07, 6.45) is 0.327.